The molecule has 2 saturated heterocycles. The summed E-state index contributed by atoms with van der Waals surface area (Å²) < 4.78 is 0. The van der Waals surface area contributed by atoms with Gasteiger partial charge in [-0.3, -0.25) is 4.79 Å². The number of amides is 1. The predicted molar refractivity (Wildman–Crippen MR) is 79.9 cm³/mol. The molecule has 1 aromatic rings. The molecule has 0 bridgehead atoms. The molecular formula is C15H22N4O. The van der Waals surface area contributed by atoms with Crippen LogP contribution in [0.25, 0.3) is 0 Å². The zero-order chi connectivity index (χ0) is 13.9. The highest BCUT2D eigenvalue weighted by Gasteiger charge is 2.30. The third-order valence-electron chi connectivity index (χ3n) is 4.31. The van der Waals surface area contributed by atoms with Crippen LogP contribution in [0.4, 0.5) is 11.5 Å². The van der Waals surface area contributed by atoms with Crippen LogP contribution in [0.3, 0.4) is 0 Å². The molecule has 2 unspecified atom stereocenters. The lowest BCUT2D eigenvalue weighted by molar-refractivity contribution is -0.119. The molecule has 0 aliphatic carbocycles. The minimum absolute atomic E-state index is 0.0571. The van der Waals surface area contributed by atoms with Gasteiger partial charge in [0, 0.05) is 25.3 Å². The van der Waals surface area contributed by atoms with Crippen LogP contribution in [-0.2, 0) is 4.79 Å². The van der Waals surface area contributed by atoms with Gasteiger partial charge in [0.1, 0.15) is 0 Å². The van der Waals surface area contributed by atoms with Gasteiger partial charge in [-0.05, 0) is 44.9 Å². The number of carbonyl (C=O) groups excluding carboxylic acids is 1. The van der Waals surface area contributed by atoms with Crippen molar-refractivity contribution in [1.82, 2.24) is 10.3 Å². The largest absolute Gasteiger partial charge is 0.355 e. The van der Waals surface area contributed by atoms with Gasteiger partial charge >= 0.3 is 0 Å². The molecule has 5 nitrogen and oxygen atoms in total. The van der Waals surface area contributed by atoms with Gasteiger partial charge < -0.3 is 15.5 Å². The molecule has 0 aromatic carbocycles. The first-order chi connectivity index (χ1) is 9.75. The number of hydrogen-bond acceptors (Lipinski definition) is 4. The van der Waals surface area contributed by atoms with E-state index in [0.717, 1.165) is 37.6 Å². The van der Waals surface area contributed by atoms with E-state index in [1.165, 1.54) is 12.8 Å². The Morgan fingerprint density at radius 2 is 2.25 bits per heavy atom. The fourth-order valence-electron chi connectivity index (χ4n) is 3.12. The van der Waals surface area contributed by atoms with Crippen molar-refractivity contribution < 1.29 is 4.79 Å². The Hall–Kier alpha value is -1.62. The Bertz CT molecular complexity index is 485. The van der Waals surface area contributed by atoms with Gasteiger partial charge in [-0.2, -0.15) is 0 Å². The van der Waals surface area contributed by atoms with E-state index in [1.807, 2.05) is 12.1 Å². The molecule has 108 valence electrons. The van der Waals surface area contributed by atoms with Crippen molar-refractivity contribution >= 4 is 17.4 Å². The molecule has 0 spiro atoms. The third kappa shape index (κ3) is 2.63. The lowest BCUT2D eigenvalue weighted by Gasteiger charge is -2.21. The van der Waals surface area contributed by atoms with Crippen molar-refractivity contribution in [3.8, 4) is 0 Å². The molecule has 2 atom stereocenters. The third-order valence-corrected chi connectivity index (χ3v) is 4.31. The standard InChI is InChI=1S/C15H22N4O/c1-11-12(6-8-16-11)15(20)18-13-5-4-7-17-14(13)19-9-2-3-10-19/h4-5,7,11-12,16H,2-3,6,8-10H2,1H3,(H,18,20). The lowest BCUT2D eigenvalue weighted by atomic mass is 10.0. The van der Waals surface area contributed by atoms with Gasteiger partial charge in [-0.15, -0.1) is 0 Å². The number of nitrogens with zero attached hydrogens (tertiary/aromatic N) is 2. The second-order valence-electron chi connectivity index (χ2n) is 5.70. The average molecular weight is 274 g/mol. The molecule has 5 heteroatoms. The molecule has 2 aliphatic heterocycles. The zero-order valence-corrected chi connectivity index (χ0v) is 11.9. The summed E-state index contributed by atoms with van der Waals surface area (Å²) >= 11 is 0. The van der Waals surface area contributed by atoms with Crippen molar-refractivity contribution in [1.29, 1.82) is 0 Å². The Labute approximate surface area is 119 Å². The number of anilines is 2. The van der Waals surface area contributed by atoms with E-state index in [-0.39, 0.29) is 17.9 Å². The number of aromatic nitrogens is 1. The van der Waals surface area contributed by atoms with E-state index < -0.39 is 0 Å². The minimum atomic E-state index is 0.0571. The number of nitrogens with one attached hydrogen (secondary N) is 2. The average Bonchev–Trinajstić information content (AvgIpc) is 3.10. The van der Waals surface area contributed by atoms with Crippen molar-refractivity contribution in [2.45, 2.75) is 32.2 Å². The molecule has 0 radical (unpaired) electrons. The number of hydrogen-bond donors (Lipinski definition) is 2. The summed E-state index contributed by atoms with van der Waals surface area (Å²) in [6, 6.07) is 4.08. The Morgan fingerprint density at radius 3 is 2.95 bits per heavy atom. The van der Waals surface area contributed by atoms with Crippen molar-refractivity contribution in [3.63, 3.8) is 0 Å². The smallest absolute Gasteiger partial charge is 0.229 e. The van der Waals surface area contributed by atoms with E-state index in [9.17, 15) is 4.79 Å². The maximum absolute atomic E-state index is 12.4. The number of carbonyl (C=O) groups is 1. The summed E-state index contributed by atoms with van der Waals surface area (Å²) in [5, 5.41) is 6.40. The normalized spacial score (nSPS) is 25.9. The van der Waals surface area contributed by atoms with E-state index in [2.05, 4.69) is 27.4 Å². The second kappa shape index (κ2) is 5.79. The number of pyridine rings is 1. The lowest BCUT2D eigenvalue weighted by Crippen LogP contribution is -2.32. The quantitative estimate of drug-likeness (QED) is 0.879. The SMILES string of the molecule is CC1NCCC1C(=O)Nc1cccnc1N1CCCC1. The number of rotatable bonds is 3. The van der Waals surface area contributed by atoms with Gasteiger partial charge in [0.2, 0.25) is 5.91 Å². The van der Waals surface area contributed by atoms with Crippen molar-refractivity contribution in [2.24, 2.45) is 5.92 Å². The van der Waals surface area contributed by atoms with E-state index >= 15 is 0 Å². The van der Waals surface area contributed by atoms with Crippen LogP contribution in [0.1, 0.15) is 26.2 Å². The molecule has 1 aromatic heterocycles. The van der Waals surface area contributed by atoms with Crippen molar-refractivity contribution in [3.05, 3.63) is 18.3 Å². The van der Waals surface area contributed by atoms with Crippen LogP contribution >= 0.6 is 0 Å². The summed E-state index contributed by atoms with van der Waals surface area (Å²) in [6.45, 7) is 5.05. The molecule has 2 N–H and O–H groups in total. The highest BCUT2D eigenvalue weighted by Crippen LogP contribution is 2.27. The molecule has 2 fully saturated rings. The van der Waals surface area contributed by atoms with Crippen LogP contribution in [0.5, 0.6) is 0 Å². The molecule has 20 heavy (non-hydrogen) atoms. The highest BCUT2D eigenvalue weighted by atomic mass is 16.2. The molecule has 2 aliphatic rings. The Morgan fingerprint density at radius 1 is 1.45 bits per heavy atom. The van der Waals surface area contributed by atoms with Crippen LogP contribution < -0.4 is 15.5 Å². The van der Waals surface area contributed by atoms with Crippen LogP contribution in [0.2, 0.25) is 0 Å². The summed E-state index contributed by atoms with van der Waals surface area (Å²) in [6.07, 6.45) is 5.11. The first-order valence-corrected chi connectivity index (χ1v) is 7.50. The van der Waals surface area contributed by atoms with Gasteiger partial charge in [-0.1, -0.05) is 0 Å². The van der Waals surface area contributed by atoms with Gasteiger partial charge in [-0.25, -0.2) is 4.98 Å². The van der Waals surface area contributed by atoms with Gasteiger partial charge in [0.15, 0.2) is 5.82 Å². The van der Waals surface area contributed by atoms with Crippen molar-refractivity contribution in [2.75, 3.05) is 29.9 Å². The zero-order valence-electron chi connectivity index (χ0n) is 11.9. The molecule has 0 saturated carbocycles. The fraction of sp³-hybridized carbons (Fsp3) is 0.600. The van der Waals surface area contributed by atoms with E-state index in [1.54, 1.807) is 6.20 Å². The topological polar surface area (TPSA) is 57.3 Å². The maximum atomic E-state index is 12.4. The van der Waals surface area contributed by atoms with Crippen LogP contribution in [0.15, 0.2) is 18.3 Å². The summed E-state index contributed by atoms with van der Waals surface area (Å²) in [4.78, 5) is 19.1. The summed E-state index contributed by atoms with van der Waals surface area (Å²) in [5.74, 6) is 1.08. The highest BCUT2D eigenvalue weighted by molar-refractivity contribution is 5.95. The van der Waals surface area contributed by atoms with E-state index in [0.29, 0.717) is 0 Å². The molecule has 1 amide bonds. The Balaban J connectivity index is 1.75. The van der Waals surface area contributed by atoms with Crippen LogP contribution in [0, 0.1) is 5.92 Å². The first kappa shape index (κ1) is 13.4. The van der Waals surface area contributed by atoms with Gasteiger partial charge in [0.05, 0.1) is 11.6 Å². The van der Waals surface area contributed by atoms with E-state index in [4.69, 9.17) is 0 Å². The molecular weight excluding hydrogens is 252 g/mol. The van der Waals surface area contributed by atoms with Crippen LogP contribution in [-0.4, -0.2) is 36.6 Å². The second-order valence-corrected chi connectivity index (χ2v) is 5.70. The summed E-state index contributed by atoms with van der Waals surface area (Å²) in [5.41, 5.74) is 0.846. The maximum Gasteiger partial charge on any atom is 0.229 e. The first-order valence-electron chi connectivity index (χ1n) is 7.50. The predicted octanol–water partition coefficient (Wildman–Crippen LogP) is 1.62. The fourth-order valence-corrected chi connectivity index (χ4v) is 3.12. The Kier molecular flexibility index (Phi) is 3.87. The molecule has 3 heterocycles. The molecule has 3 rings (SSSR count). The van der Waals surface area contributed by atoms with Gasteiger partial charge in [0.25, 0.3) is 0 Å². The summed E-state index contributed by atoms with van der Waals surface area (Å²) in [7, 11) is 0. The minimum Gasteiger partial charge on any atom is -0.355 e. The monoisotopic (exact) mass is 274 g/mol.